The molecule has 0 aliphatic carbocycles. The summed E-state index contributed by atoms with van der Waals surface area (Å²) in [5.41, 5.74) is 2.84. The van der Waals surface area contributed by atoms with Crippen LogP contribution in [0.3, 0.4) is 0 Å². The van der Waals surface area contributed by atoms with Crippen molar-refractivity contribution < 1.29 is 0 Å². The lowest BCUT2D eigenvalue weighted by atomic mass is 9.94. The van der Waals surface area contributed by atoms with Gasteiger partial charge < -0.3 is 0 Å². The van der Waals surface area contributed by atoms with Gasteiger partial charge >= 0.3 is 0 Å². The smallest absolute Gasteiger partial charge is 0.0362 e. The zero-order valence-electron chi connectivity index (χ0n) is 11.6. The fraction of sp³-hybridized carbons (Fsp3) is 0.333. The number of halogens is 1. The molecule has 0 aromatic heterocycles. The van der Waals surface area contributed by atoms with Gasteiger partial charge in [-0.15, -0.1) is 0 Å². The predicted molar refractivity (Wildman–Crippen MR) is 87.6 cm³/mol. The summed E-state index contributed by atoms with van der Waals surface area (Å²) >= 11 is 3.72. The highest BCUT2D eigenvalue weighted by Crippen LogP contribution is 2.35. The van der Waals surface area contributed by atoms with Crippen molar-refractivity contribution in [3.05, 3.63) is 70.2 Å². The second-order valence-corrected chi connectivity index (χ2v) is 6.34. The average Bonchev–Trinajstić information content (AvgIpc) is 2.50. The van der Waals surface area contributed by atoms with Crippen LogP contribution in [-0.2, 0) is 6.54 Å². The molecule has 0 radical (unpaired) electrons. The molecule has 0 spiro atoms. The van der Waals surface area contributed by atoms with Crippen LogP contribution < -0.4 is 0 Å². The van der Waals surface area contributed by atoms with E-state index in [1.807, 2.05) is 0 Å². The maximum absolute atomic E-state index is 3.72. The quantitative estimate of drug-likeness (QED) is 0.750. The Balaban J connectivity index is 1.83. The van der Waals surface area contributed by atoms with Crippen LogP contribution in [0.4, 0.5) is 0 Å². The SMILES string of the molecule is Brc1ccccc1[C@H]1CCCCN1Cc1ccccc1. The molecule has 0 bridgehead atoms. The third kappa shape index (κ3) is 3.13. The van der Waals surface area contributed by atoms with Gasteiger partial charge in [0.2, 0.25) is 0 Å². The van der Waals surface area contributed by atoms with Gasteiger partial charge in [-0.05, 0) is 36.6 Å². The van der Waals surface area contributed by atoms with Gasteiger partial charge in [0.05, 0.1) is 0 Å². The van der Waals surface area contributed by atoms with E-state index in [0.717, 1.165) is 6.54 Å². The van der Waals surface area contributed by atoms with Crippen molar-refractivity contribution in [3.63, 3.8) is 0 Å². The van der Waals surface area contributed by atoms with Crippen molar-refractivity contribution in [2.24, 2.45) is 0 Å². The summed E-state index contributed by atoms with van der Waals surface area (Å²) < 4.78 is 1.24. The van der Waals surface area contributed by atoms with Crippen LogP contribution in [0.25, 0.3) is 0 Å². The molecule has 2 aromatic carbocycles. The van der Waals surface area contributed by atoms with Crippen LogP contribution in [0.1, 0.15) is 36.4 Å². The number of hydrogen-bond donors (Lipinski definition) is 0. The highest BCUT2D eigenvalue weighted by atomic mass is 79.9. The van der Waals surface area contributed by atoms with Gasteiger partial charge in [0.15, 0.2) is 0 Å². The van der Waals surface area contributed by atoms with E-state index in [4.69, 9.17) is 0 Å². The lowest BCUT2D eigenvalue weighted by Gasteiger charge is -2.36. The van der Waals surface area contributed by atoms with Crippen molar-refractivity contribution in [2.75, 3.05) is 6.54 Å². The zero-order valence-corrected chi connectivity index (χ0v) is 13.2. The van der Waals surface area contributed by atoms with Crippen LogP contribution in [0.5, 0.6) is 0 Å². The number of benzene rings is 2. The van der Waals surface area contributed by atoms with E-state index in [9.17, 15) is 0 Å². The molecule has 0 unspecified atom stereocenters. The van der Waals surface area contributed by atoms with Crippen molar-refractivity contribution in [1.82, 2.24) is 4.90 Å². The van der Waals surface area contributed by atoms with E-state index >= 15 is 0 Å². The zero-order chi connectivity index (χ0) is 13.8. The summed E-state index contributed by atoms with van der Waals surface area (Å²) in [6.07, 6.45) is 3.90. The summed E-state index contributed by atoms with van der Waals surface area (Å²) in [4.78, 5) is 2.62. The molecule has 3 rings (SSSR count). The standard InChI is InChI=1S/C18H20BrN/c19-17-11-5-4-10-16(17)18-12-6-7-13-20(18)14-15-8-2-1-3-9-15/h1-5,8-11,18H,6-7,12-14H2/t18-/m1/s1. The van der Waals surface area contributed by atoms with Gasteiger partial charge in [0.25, 0.3) is 0 Å². The largest absolute Gasteiger partial charge is 0.292 e. The Labute approximate surface area is 129 Å². The molecule has 1 fully saturated rings. The van der Waals surface area contributed by atoms with E-state index in [1.54, 1.807) is 0 Å². The van der Waals surface area contributed by atoms with Crippen LogP contribution >= 0.6 is 15.9 Å². The highest BCUT2D eigenvalue weighted by molar-refractivity contribution is 9.10. The molecule has 20 heavy (non-hydrogen) atoms. The van der Waals surface area contributed by atoms with E-state index in [-0.39, 0.29) is 0 Å². The number of hydrogen-bond acceptors (Lipinski definition) is 1. The van der Waals surface area contributed by atoms with Gasteiger partial charge in [0, 0.05) is 17.1 Å². The fourth-order valence-electron chi connectivity index (χ4n) is 3.10. The number of rotatable bonds is 3. The lowest BCUT2D eigenvalue weighted by molar-refractivity contribution is 0.140. The Hall–Kier alpha value is -1.12. The molecule has 104 valence electrons. The summed E-state index contributed by atoms with van der Waals surface area (Å²) in [5.74, 6) is 0. The molecule has 1 aliphatic heterocycles. The molecule has 1 aliphatic rings. The Morgan fingerprint density at radius 1 is 0.950 bits per heavy atom. The van der Waals surface area contributed by atoms with Crippen molar-refractivity contribution in [1.29, 1.82) is 0 Å². The minimum Gasteiger partial charge on any atom is -0.292 e. The predicted octanol–water partition coefficient (Wildman–Crippen LogP) is 5.18. The maximum atomic E-state index is 3.72. The van der Waals surface area contributed by atoms with Crippen molar-refractivity contribution >= 4 is 15.9 Å². The van der Waals surface area contributed by atoms with Gasteiger partial charge in [-0.2, -0.15) is 0 Å². The molecule has 1 nitrogen and oxygen atoms in total. The lowest BCUT2D eigenvalue weighted by Crippen LogP contribution is -2.33. The normalized spacial score (nSPS) is 19.9. The monoisotopic (exact) mass is 329 g/mol. The molecule has 1 heterocycles. The summed E-state index contributed by atoms with van der Waals surface area (Å²) in [6.45, 7) is 2.24. The molecule has 0 amide bonds. The van der Waals surface area contributed by atoms with Crippen LogP contribution in [-0.4, -0.2) is 11.4 Å². The first kappa shape index (κ1) is 13.8. The van der Waals surface area contributed by atoms with Gasteiger partial charge in [0.1, 0.15) is 0 Å². The summed E-state index contributed by atoms with van der Waals surface area (Å²) in [7, 11) is 0. The summed E-state index contributed by atoms with van der Waals surface area (Å²) in [5, 5.41) is 0. The van der Waals surface area contributed by atoms with Gasteiger partial charge in [-0.3, -0.25) is 4.90 Å². The Morgan fingerprint density at radius 3 is 2.50 bits per heavy atom. The molecule has 2 aromatic rings. The molecule has 0 N–H and O–H groups in total. The molecular weight excluding hydrogens is 310 g/mol. The third-order valence-electron chi connectivity index (χ3n) is 4.11. The molecule has 0 saturated carbocycles. The van der Waals surface area contributed by atoms with E-state index in [0.29, 0.717) is 6.04 Å². The first-order valence-electron chi connectivity index (χ1n) is 7.37. The van der Waals surface area contributed by atoms with E-state index in [1.165, 1.54) is 41.4 Å². The highest BCUT2D eigenvalue weighted by Gasteiger charge is 2.25. The Bertz CT molecular complexity index is 552. The molecular formula is C18H20BrN. The topological polar surface area (TPSA) is 3.24 Å². The Morgan fingerprint density at radius 2 is 1.70 bits per heavy atom. The van der Waals surface area contributed by atoms with Crippen LogP contribution in [0, 0.1) is 0 Å². The fourth-order valence-corrected chi connectivity index (χ4v) is 3.64. The van der Waals surface area contributed by atoms with Crippen molar-refractivity contribution in [2.45, 2.75) is 31.8 Å². The third-order valence-corrected chi connectivity index (χ3v) is 4.83. The van der Waals surface area contributed by atoms with Crippen LogP contribution in [0.15, 0.2) is 59.1 Å². The average molecular weight is 330 g/mol. The number of piperidine rings is 1. The Kier molecular flexibility index (Phi) is 4.54. The number of nitrogens with zero attached hydrogens (tertiary/aromatic N) is 1. The molecule has 1 saturated heterocycles. The second-order valence-electron chi connectivity index (χ2n) is 5.49. The van der Waals surface area contributed by atoms with Crippen molar-refractivity contribution in [3.8, 4) is 0 Å². The van der Waals surface area contributed by atoms with Gasteiger partial charge in [-0.1, -0.05) is 70.9 Å². The first-order chi connectivity index (χ1) is 9.84. The minimum atomic E-state index is 0.541. The van der Waals surface area contributed by atoms with Crippen LogP contribution in [0.2, 0.25) is 0 Å². The van der Waals surface area contributed by atoms with Gasteiger partial charge in [-0.25, -0.2) is 0 Å². The van der Waals surface area contributed by atoms with E-state index < -0.39 is 0 Å². The molecule has 2 heteroatoms. The number of likely N-dealkylation sites (tertiary alicyclic amines) is 1. The minimum absolute atomic E-state index is 0.541. The molecule has 1 atom stereocenters. The maximum Gasteiger partial charge on any atom is 0.0362 e. The first-order valence-corrected chi connectivity index (χ1v) is 8.16. The second kappa shape index (κ2) is 6.55. The van der Waals surface area contributed by atoms with E-state index in [2.05, 4.69) is 75.4 Å². The summed E-state index contributed by atoms with van der Waals surface area (Å²) in [6, 6.07) is 20.0.